The monoisotopic (exact) mass is 276 g/mol. The predicted octanol–water partition coefficient (Wildman–Crippen LogP) is 2.24. The van der Waals surface area contributed by atoms with Gasteiger partial charge in [-0.05, 0) is 24.5 Å². The van der Waals surface area contributed by atoms with Gasteiger partial charge in [-0.15, -0.1) is 0 Å². The highest BCUT2D eigenvalue weighted by molar-refractivity contribution is 6.07. The van der Waals surface area contributed by atoms with Gasteiger partial charge >= 0.3 is 0 Å². The zero-order valence-electron chi connectivity index (χ0n) is 12.2. The molecule has 0 radical (unpaired) electrons. The molecular weight excluding hydrogens is 254 g/mol. The highest BCUT2D eigenvalue weighted by Gasteiger charge is 2.28. The summed E-state index contributed by atoms with van der Waals surface area (Å²) in [5.74, 6) is -2.90. The summed E-state index contributed by atoms with van der Waals surface area (Å²) in [6, 6.07) is 3.24. The first-order chi connectivity index (χ1) is 9.61. The molecule has 20 heavy (non-hydrogen) atoms. The van der Waals surface area contributed by atoms with E-state index in [0.717, 1.165) is 25.7 Å². The maximum Gasteiger partial charge on any atom is 0.173 e. The number of pyridine rings is 1. The van der Waals surface area contributed by atoms with Crippen molar-refractivity contribution in [1.29, 1.82) is 0 Å². The number of aliphatic carboxylic acids is 1. The summed E-state index contributed by atoms with van der Waals surface area (Å²) in [7, 11) is 0. The van der Waals surface area contributed by atoms with Crippen molar-refractivity contribution in [1.82, 2.24) is 4.98 Å². The third-order valence-electron chi connectivity index (χ3n) is 3.66. The Morgan fingerprint density at radius 2 is 2.05 bits per heavy atom. The molecule has 1 rings (SSSR count). The van der Waals surface area contributed by atoms with Crippen molar-refractivity contribution in [3.05, 3.63) is 30.1 Å². The molecule has 1 heterocycles. The van der Waals surface area contributed by atoms with Crippen molar-refractivity contribution in [2.75, 3.05) is 0 Å². The summed E-state index contributed by atoms with van der Waals surface area (Å²) in [5, 5.41) is 11.4. The zero-order valence-corrected chi connectivity index (χ0v) is 12.2. The van der Waals surface area contributed by atoms with Crippen LogP contribution in [-0.2, 0) is 4.79 Å². The predicted molar refractivity (Wildman–Crippen MR) is 75.0 cm³/mol. The van der Waals surface area contributed by atoms with Crippen LogP contribution in [0.3, 0.4) is 0 Å². The first kappa shape index (κ1) is 16.3. The van der Waals surface area contributed by atoms with Gasteiger partial charge in [0.05, 0.1) is 11.9 Å². The van der Waals surface area contributed by atoms with Crippen LogP contribution in [0, 0.1) is 11.8 Å². The molecule has 2 unspecified atom stereocenters. The van der Waals surface area contributed by atoms with Gasteiger partial charge in [0, 0.05) is 18.0 Å². The highest BCUT2D eigenvalue weighted by atomic mass is 16.4. The lowest BCUT2D eigenvalue weighted by molar-refractivity contribution is -0.310. The number of rotatable bonds is 9. The Hall–Kier alpha value is -1.71. The van der Waals surface area contributed by atoms with Crippen molar-refractivity contribution >= 4 is 11.8 Å². The molecule has 0 spiro atoms. The number of carbonyl (C=O) groups is 2. The first-order valence-electron chi connectivity index (χ1n) is 7.26. The van der Waals surface area contributed by atoms with Crippen LogP contribution in [-0.4, -0.2) is 16.7 Å². The standard InChI is InChI=1S/C16H23NO3/c1-3-5-6-8-12(4-2)14(16(19)20)15(18)13-9-7-10-17-11-13/h7,9-12,14H,3-6,8H2,1-2H3,(H,19,20)/p-1. The van der Waals surface area contributed by atoms with Crippen molar-refractivity contribution in [2.45, 2.75) is 46.0 Å². The average Bonchev–Trinajstić information content (AvgIpc) is 2.46. The van der Waals surface area contributed by atoms with Gasteiger partial charge in [0.15, 0.2) is 5.78 Å². The van der Waals surface area contributed by atoms with E-state index in [1.54, 1.807) is 18.3 Å². The molecule has 0 saturated heterocycles. The van der Waals surface area contributed by atoms with Gasteiger partial charge in [0.2, 0.25) is 0 Å². The molecule has 4 heteroatoms. The number of carbonyl (C=O) groups excluding carboxylic acids is 2. The largest absolute Gasteiger partial charge is 0.549 e. The van der Waals surface area contributed by atoms with E-state index in [2.05, 4.69) is 11.9 Å². The van der Waals surface area contributed by atoms with Crippen molar-refractivity contribution in [2.24, 2.45) is 11.8 Å². The number of nitrogens with zero attached hydrogens (tertiary/aromatic N) is 1. The number of hydrogen-bond donors (Lipinski definition) is 0. The summed E-state index contributed by atoms with van der Waals surface area (Å²) in [6.45, 7) is 4.01. The second kappa shape index (κ2) is 8.46. The Labute approximate surface area is 120 Å². The third-order valence-corrected chi connectivity index (χ3v) is 3.66. The van der Waals surface area contributed by atoms with Gasteiger partial charge in [-0.2, -0.15) is 0 Å². The Morgan fingerprint density at radius 3 is 2.55 bits per heavy atom. The normalized spacial score (nSPS) is 13.7. The van der Waals surface area contributed by atoms with E-state index in [1.165, 1.54) is 6.20 Å². The number of unbranched alkanes of at least 4 members (excludes halogenated alkanes) is 2. The number of carboxylic acid groups (broad SMARTS) is 1. The SMILES string of the molecule is CCCCCC(CC)C(C(=O)[O-])C(=O)c1cccnc1. The van der Waals surface area contributed by atoms with Gasteiger partial charge in [-0.1, -0.05) is 39.5 Å². The first-order valence-corrected chi connectivity index (χ1v) is 7.26. The van der Waals surface area contributed by atoms with Crippen molar-refractivity contribution in [3.8, 4) is 0 Å². The molecule has 0 aliphatic rings. The van der Waals surface area contributed by atoms with E-state index >= 15 is 0 Å². The quantitative estimate of drug-likeness (QED) is 0.394. The molecule has 1 aromatic heterocycles. The van der Waals surface area contributed by atoms with E-state index in [4.69, 9.17) is 0 Å². The molecule has 0 aromatic carbocycles. The molecule has 0 aliphatic heterocycles. The summed E-state index contributed by atoms with van der Waals surface area (Å²) in [6.07, 6.45) is 7.45. The van der Waals surface area contributed by atoms with E-state index < -0.39 is 11.9 Å². The Balaban J connectivity index is 2.86. The fraction of sp³-hybridized carbons (Fsp3) is 0.562. The fourth-order valence-electron chi connectivity index (χ4n) is 2.46. The number of ketones is 1. The molecule has 1 aromatic rings. The average molecular weight is 276 g/mol. The van der Waals surface area contributed by atoms with Crippen LogP contribution < -0.4 is 5.11 Å². The van der Waals surface area contributed by atoms with Gasteiger partial charge in [0.1, 0.15) is 0 Å². The fourth-order valence-corrected chi connectivity index (χ4v) is 2.46. The van der Waals surface area contributed by atoms with E-state index in [-0.39, 0.29) is 11.7 Å². The molecular formula is C16H22NO3-. The van der Waals surface area contributed by atoms with E-state index in [9.17, 15) is 14.7 Å². The minimum atomic E-state index is -1.28. The van der Waals surface area contributed by atoms with Crippen LogP contribution in [0.1, 0.15) is 56.3 Å². The Kier molecular flexibility index (Phi) is 6.91. The van der Waals surface area contributed by atoms with Crippen molar-refractivity contribution in [3.63, 3.8) is 0 Å². The van der Waals surface area contributed by atoms with Crippen molar-refractivity contribution < 1.29 is 14.7 Å². The maximum absolute atomic E-state index is 12.4. The van der Waals surface area contributed by atoms with Crippen LogP contribution in [0.4, 0.5) is 0 Å². The molecule has 0 aliphatic carbocycles. The third kappa shape index (κ3) is 4.44. The Morgan fingerprint density at radius 1 is 1.30 bits per heavy atom. The summed E-state index contributed by atoms with van der Waals surface area (Å²) in [4.78, 5) is 27.6. The number of carboxylic acids is 1. The van der Waals surface area contributed by atoms with Crippen LogP contribution in [0.2, 0.25) is 0 Å². The van der Waals surface area contributed by atoms with Crippen LogP contribution >= 0.6 is 0 Å². The second-order valence-electron chi connectivity index (χ2n) is 5.07. The van der Waals surface area contributed by atoms with E-state index in [0.29, 0.717) is 12.0 Å². The molecule has 2 atom stereocenters. The smallest absolute Gasteiger partial charge is 0.173 e. The van der Waals surface area contributed by atoms with Gasteiger partial charge in [-0.3, -0.25) is 9.78 Å². The van der Waals surface area contributed by atoms with Gasteiger partial charge < -0.3 is 9.90 Å². The van der Waals surface area contributed by atoms with Crippen LogP contribution in [0.25, 0.3) is 0 Å². The molecule has 0 bridgehead atoms. The van der Waals surface area contributed by atoms with Gasteiger partial charge in [0.25, 0.3) is 0 Å². The maximum atomic E-state index is 12.4. The number of Topliss-reactive ketones (excluding diaryl/α,β-unsaturated/α-hetero) is 1. The minimum Gasteiger partial charge on any atom is -0.549 e. The summed E-state index contributed by atoms with van der Waals surface area (Å²) in [5.41, 5.74) is 0.343. The summed E-state index contributed by atoms with van der Waals surface area (Å²) >= 11 is 0. The highest BCUT2D eigenvalue weighted by Crippen LogP contribution is 2.25. The lowest BCUT2D eigenvalue weighted by Crippen LogP contribution is -2.41. The number of hydrogen-bond acceptors (Lipinski definition) is 4. The van der Waals surface area contributed by atoms with Crippen LogP contribution in [0.5, 0.6) is 0 Å². The minimum absolute atomic E-state index is 0.167. The zero-order chi connectivity index (χ0) is 15.0. The number of aromatic nitrogens is 1. The molecule has 110 valence electrons. The topological polar surface area (TPSA) is 70.1 Å². The van der Waals surface area contributed by atoms with Gasteiger partial charge in [-0.25, -0.2) is 0 Å². The lowest BCUT2D eigenvalue weighted by Gasteiger charge is -2.26. The lowest BCUT2D eigenvalue weighted by atomic mass is 9.81. The van der Waals surface area contributed by atoms with E-state index in [1.807, 2.05) is 6.92 Å². The van der Waals surface area contributed by atoms with Crippen LogP contribution in [0.15, 0.2) is 24.5 Å². The molecule has 4 nitrogen and oxygen atoms in total. The Bertz CT molecular complexity index is 431. The summed E-state index contributed by atoms with van der Waals surface area (Å²) < 4.78 is 0. The second-order valence-corrected chi connectivity index (χ2v) is 5.07. The molecule has 0 amide bonds. The molecule has 0 fully saturated rings. The molecule has 0 saturated carbocycles. The molecule has 0 N–H and O–H groups in total.